The van der Waals surface area contributed by atoms with Gasteiger partial charge >= 0.3 is 5.97 Å². The van der Waals surface area contributed by atoms with Crippen LogP contribution in [0.3, 0.4) is 0 Å². The van der Waals surface area contributed by atoms with Gasteiger partial charge in [-0.05, 0) is 37.8 Å². The van der Waals surface area contributed by atoms with Crippen LogP contribution in [0.25, 0.3) is 0 Å². The lowest BCUT2D eigenvalue weighted by atomic mass is 10.1. The molecule has 2 aliphatic heterocycles. The molecule has 8 heteroatoms. The number of carbonyl (C=O) groups excluding carboxylic acids is 2. The summed E-state index contributed by atoms with van der Waals surface area (Å²) in [6.07, 6.45) is 6.17. The molecule has 0 saturated carbocycles. The highest BCUT2D eigenvalue weighted by molar-refractivity contribution is 5.93. The Labute approximate surface area is 158 Å². The second-order valence-electron chi connectivity index (χ2n) is 7.03. The Morgan fingerprint density at radius 3 is 2.26 bits per heavy atom. The topological polar surface area (TPSA) is 93.0 Å². The number of likely N-dealkylation sites (tertiary alicyclic amines) is 1. The second kappa shape index (κ2) is 8.83. The Hall–Kier alpha value is -2.64. The maximum Gasteiger partial charge on any atom is 0.338 e. The summed E-state index contributed by atoms with van der Waals surface area (Å²) in [5.41, 5.74) is 0.526. The van der Waals surface area contributed by atoms with Crippen molar-refractivity contribution in [3.63, 3.8) is 0 Å². The molecular formula is C19H25N3O5. The molecule has 146 valence electrons. The Kier molecular flexibility index (Phi) is 6.26. The van der Waals surface area contributed by atoms with Gasteiger partial charge in [-0.2, -0.15) is 0 Å². The molecule has 1 amide bonds. The quantitative estimate of drug-likeness (QED) is 0.446. The van der Waals surface area contributed by atoms with Crippen molar-refractivity contribution in [1.82, 2.24) is 4.90 Å². The third-order valence-electron chi connectivity index (χ3n) is 5.14. The highest BCUT2D eigenvalue weighted by Gasteiger charge is 2.24. The Morgan fingerprint density at radius 1 is 1.00 bits per heavy atom. The van der Waals surface area contributed by atoms with Gasteiger partial charge < -0.3 is 14.5 Å². The molecule has 0 aliphatic carbocycles. The van der Waals surface area contributed by atoms with Crippen LogP contribution < -0.4 is 4.90 Å². The van der Waals surface area contributed by atoms with Gasteiger partial charge in [0.2, 0.25) is 0 Å². The molecule has 1 aromatic carbocycles. The predicted molar refractivity (Wildman–Crippen MR) is 99.9 cm³/mol. The molecule has 8 nitrogen and oxygen atoms in total. The van der Waals surface area contributed by atoms with Crippen molar-refractivity contribution < 1.29 is 19.2 Å². The van der Waals surface area contributed by atoms with Gasteiger partial charge in [0.05, 0.1) is 10.5 Å². The standard InChI is InChI=1S/C19H25N3O5/c23-18(21-11-5-6-12-21)14-27-19(24)15-7-8-16(17(13-15)22(25)26)20-9-3-1-2-4-10-20/h7-8,13H,1-6,9-12,14H2. The lowest BCUT2D eigenvalue weighted by Crippen LogP contribution is -2.32. The molecular weight excluding hydrogens is 350 g/mol. The smallest absolute Gasteiger partial charge is 0.338 e. The Balaban J connectivity index is 1.69. The van der Waals surface area contributed by atoms with Crippen LogP contribution in [0.5, 0.6) is 0 Å². The first kappa shape index (κ1) is 19.1. The molecule has 2 aliphatic rings. The number of anilines is 1. The molecule has 0 bridgehead atoms. The summed E-state index contributed by atoms with van der Waals surface area (Å²) in [5, 5.41) is 11.5. The van der Waals surface area contributed by atoms with Crippen molar-refractivity contribution in [2.75, 3.05) is 37.7 Å². The molecule has 2 fully saturated rings. The van der Waals surface area contributed by atoms with Crippen molar-refractivity contribution in [3.8, 4) is 0 Å². The third kappa shape index (κ3) is 4.75. The number of esters is 1. The lowest BCUT2D eigenvalue weighted by molar-refractivity contribution is -0.384. The number of amides is 1. The van der Waals surface area contributed by atoms with Crippen molar-refractivity contribution in [2.45, 2.75) is 38.5 Å². The fourth-order valence-electron chi connectivity index (χ4n) is 3.64. The minimum atomic E-state index is -0.715. The van der Waals surface area contributed by atoms with Crippen molar-refractivity contribution in [2.24, 2.45) is 0 Å². The summed E-state index contributed by atoms with van der Waals surface area (Å²) in [5.74, 6) is -0.940. The number of nitrogens with zero attached hydrogens (tertiary/aromatic N) is 3. The normalized spacial score (nSPS) is 17.5. The number of hydrogen-bond acceptors (Lipinski definition) is 6. The highest BCUT2D eigenvalue weighted by Crippen LogP contribution is 2.31. The zero-order valence-electron chi connectivity index (χ0n) is 15.4. The molecule has 2 saturated heterocycles. The number of nitro groups is 1. The summed E-state index contributed by atoms with van der Waals surface area (Å²) in [6, 6.07) is 4.40. The van der Waals surface area contributed by atoms with E-state index in [1.807, 2.05) is 4.90 Å². The molecule has 0 spiro atoms. The van der Waals surface area contributed by atoms with E-state index in [1.165, 1.54) is 12.1 Å². The second-order valence-corrected chi connectivity index (χ2v) is 7.03. The summed E-state index contributed by atoms with van der Waals surface area (Å²) >= 11 is 0. The molecule has 27 heavy (non-hydrogen) atoms. The van der Waals surface area contributed by atoms with E-state index in [0.717, 1.165) is 51.6 Å². The number of hydrogen-bond donors (Lipinski definition) is 0. The van der Waals surface area contributed by atoms with E-state index in [-0.39, 0.29) is 23.8 Å². The van der Waals surface area contributed by atoms with E-state index in [4.69, 9.17) is 4.74 Å². The van der Waals surface area contributed by atoms with Crippen molar-refractivity contribution >= 4 is 23.3 Å². The molecule has 0 radical (unpaired) electrons. The first-order valence-electron chi connectivity index (χ1n) is 9.54. The highest BCUT2D eigenvalue weighted by atomic mass is 16.6. The van der Waals surface area contributed by atoms with Crippen LogP contribution in [0.2, 0.25) is 0 Å². The van der Waals surface area contributed by atoms with E-state index >= 15 is 0 Å². The van der Waals surface area contributed by atoms with E-state index < -0.39 is 10.9 Å². The van der Waals surface area contributed by atoms with E-state index in [0.29, 0.717) is 18.8 Å². The molecule has 0 aromatic heterocycles. The number of rotatable bonds is 5. The van der Waals surface area contributed by atoms with Crippen LogP contribution >= 0.6 is 0 Å². The average molecular weight is 375 g/mol. The van der Waals surface area contributed by atoms with Gasteiger partial charge in [-0.25, -0.2) is 4.79 Å². The number of nitro benzene ring substituents is 1. The summed E-state index contributed by atoms with van der Waals surface area (Å²) < 4.78 is 5.08. The van der Waals surface area contributed by atoms with Crippen LogP contribution in [0, 0.1) is 10.1 Å². The van der Waals surface area contributed by atoms with Gasteiger partial charge in [0.25, 0.3) is 11.6 Å². The van der Waals surface area contributed by atoms with Gasteiger partial charge in [0.15, 0.2) is 6.61 Å². The molecule has 0 unspecified atom stereocenters. The minimum Gasteiger partial charge on any atom is -0.452 e. The first-order chi connectivity index (χ1) is 13.1. The largest absolute Gasteiger partial charge is 0.452 e. The fraction of sp³-hybridized carbons (Fsp3) is 0.579. The fourth-order valence-corrected chi connectivity index (χ4v) is 3.64. The molecule has 2 heterocycles. The van der Waals surface area contributed by atoms with E-state index in [2.05, 4.69) is 0 Å². The number of benzene rings is 1. The summed E-state index contributed by atoms with van der Waals surface area (Å²) in [6.45, 7) is 2.59. The predicted octanol–water partition coefficient (Wildman–Crippen LogP) is 2.75. The molecule has 0 N–H and O–H groups in total. The van der Waals surface area contributed by atoms with Gasteiger partial charge in [-0.1, -0.05) is 12.8 Å². The number of ether oxygens (including phenoxy) is 1. The van der Waals surface area contributed by atoms with Crippen LogP contribution in [0.15, 0.2) is 18.2 Å². The van der Waals surface area contributed by atoms with Crippen LogP contribution in [0.1, 0.15) is 48.9 Å². The first-order valence-corrected chi connectivity index (χ1v) is 9.54. The third-order valence-corrected chi connectivity index (χ3v) is 5.14. The maximum atomic E-state index is 12.3. The molecule has 3 rings (SSSR count). The van der Waals surface area contributed by atoms with Gasteiger partial charge in [0, 0.05) is 32.2 Å². The molecule has 1 aromatic rings. The monoisotopic (exact) mass is 375 g/mol. The Morgan fingerprint density at radius 2 is 1.63 bits per heavy atom. The zero-order valence-corrected chi connectivity index (χ0v) is 15.4. The summed E-state index contributed by atoms with van der Waals surface area (Å²) in [7, 11) is 0. The van der Waals surface area contributed by atoms with Crippen LogP contribution in [0.4, 0.5) is 11.4 Å². The number of carbonyl (C=O) groups is 2. The SMILES string of the molecule is O=C(OCC(=O)N1CCCC1)c1ccc(N2CCCCCC2)c([N+](=O)[O-])c1. The van der Waals surface area contributed by atoms with Gasteiger partial charge in [0.1, 0.15) is 5.69 Å². The van der Waals surface area contributed by atoms with Crippen molar-refractivity contribution in [3.05, 3.63) is 33.9 Å². The lowest BCUT2D eigenvalue weighted by Gasteiger charge is -2.22. The summed E-state index contributed by atoms with van der Waals surface area (Å²) in [4.78, 5) is 39.0. The van der Waals surface area contributed by atoms with E-state index in [9.17, 15) is 19.7 Å². The molecule has 0 atom stereocenters. The van der Waals surface area contributed by atoms with E-state index in [1.54, 1.807) is 11.0 Å². The van der Waals surface area contributed by atoms with Gasteiger partial charge in [-0.3, -0.25) is 14.9 Å². The minimum absolute atomic E-state index is 0.0921. The Bertz CT molecular complexity index is 707. The zero-order chi connectivity index (χ0) is 19.2. The van der Waals surface area contributed by atoms with Crippen molar-refractivity contribution in [1.29, 1.82) is 0 Å². The maximum absolute atomic E-state index is 12.3. The van der Waals surface area contributed by atoms with Crippen LogP contribution in [-0.2, 0) is 9.53 Å². The van der Waals surface area contributed by atoms with Crippen LogP contribution in [-0.4, -0.2) is 54.5 Å². The average Bonchev–Trinajstić information content (AvgIpc) is 3.08. The van der Waals surface area contributed by atoms with Gasteiger partial charge in [-0.15, -0.1) is 0 Å².